The highest BCUT2D eigenvalue weighted by molar-refractivity contribution is 7.99. The predicted molar refractivity (Wildman–Crippen MR) is 111 cm³/mol. The van der Waals surface area contributed by atoms with Gasteiger partial charge in [0.1, 0.15) is 5.75 Å². The Labute approximate surface area is 175 Å². The molecular formula is C19H21N5O5S. The molecule has 0 atom stereocenters. The summed E-state index contributed by atoms with van der Waals surface area (Å²) in [6.45, 7) is 3.99. The van der Waals surface area contributed by atoms with E-state index in [1.807, 2.05) is 13.0 Å². The normalized spacial score (nSPS) is 10.8. The number of para-hydroxylation sites is 2. The maximum Gasteiger partial charge on any atom is 0.328 e. The lowest BCUT2D eigenvalue weighted by Gasteiger charge is -2.10. The van der Waals surface area contributed by atoms with Gasteiger partial charge in [0, 0.05) is 18.3 Å². The lowest BCUT2D eigenvalue weighted by Crippen LogP contribution is -2.36. The van der Waals surface area contributed by atoms with Gasteiger partial charge < -0.3 is 19.5 Å². The van der Waals surface area contributed by atoms with Gasteiger partial charge in [0.05, 0.1) is 24.5 Å². The van der Waals surface area contributed by atoms with Crippen LogP contribution in [0.25, 0.3) is 0 Å². The number of carbonyl (C=O) groups is 1. The third-order valence-electron chi connectivity index (χ3n) is 4.18. The van der Waals surface area contributed by atoms with Crippen molar-refractivity contribution in [2.75, 3.05) is 17.7 Å². The third kappa shape index (κ3) is 4.98. The minimum atomic E-state index is -0.486. The van der Waals surface area contributed by atoms with Crippen molar-refractivity contribution in [3.63, 3.8) is 0 Å². The molecule has 2 aromatic heterocycles. The van der Waals surface area contributed by atoms with Gasteiger partial charge in [-0.2, -0.15) is 0 Å². The average molecular weight is 431 g/mol. The molecule has 158 valence electrons. The largest absolute Gasteiger partial charge is 0.492 e. The van der Waals surface area contributed by atoms with Crippen LogP contribution in [0.4, 0.5) is 5.69 Å². The van der Waals surface area contributed by atoms with Crippen molar-refractivity contribution < 1.29 is 13.9 Å². The van der Waals surface area contributed by atoms with Crippen molar-refractivity contribution >= 4 is 23.4 Å². The first kappa shape index (κ1) is 21.4. The molecule has 0 spiro atoms. The molecule has 0 saturated carbocycles. The van der Waals surface area contributed by atoms with E-state index in [2.05, 4.69) is 20.5 Å². The number of aromatic amines is 1. The third-order valence-corrected chi connectivity index (χ3v) is 5.00. The lowest BCUT2D eigenvalue weighted by molar-refractivity contribution is -0.113. The van der Waals surface area contributed by atoms with Crippen molar-refractivity contribution in [2.45, 2.75) is 25.5 Å². The van der Waals surface area contributed by atoms with Crippen LogP contribution in [0.15, 0.2) is 43.5 Å². The van der Waals surface area contributed by atoms with Crippen molar-refractivity contribution in [1.82, 2.24) is 19.7 Å². The molecular weight excluding hydrogens is 410 g/mol. The number of nitrogens with zero attached hydrogens (tertiary/aromatic N) is 3. The number of aromatic nitrogens is 4. The summed E-state index contributed by atoms with van der Waals surface area (Å²) >= 11 is 1.08. The summed E-state index contributed by atoms with van der Waals surface area (Å²) in [5, 5.41) is 10.8. The number of benzene rings is 1. The first-order chi connectivity index (χ1) is 14.4. The highest BCUT2D eigenvalue weighted by Crippen LogP contribution is 2.24. The Balaban J connectivity index is 1.62. The van der Waals surface area contributed by atoms with E-state index >= 15 is 0 Å². The SMILES string of the molecule is CCOc1ccccc1NC(=O)CSc1nnc(Cc2c(C)[nH]c(=O)n(C)c2=O)o1. The van der Waals surface area contributed by atoms with Crippen molar-refractivity contribution in [2.24, 2.45) is 7.05 Å². The highest BCUT2D eigenvalue weighted by Gasteiger charge is 2.15. The second-order valence-corrected chi connectivity index (χ2v) is 7.23. The second kappa shape index (κ2) is 9.44. The number of anilines is 1. The topological polar surface area (TPSA) is 132 Å². The molecule has 11 heteroatoms. The molecule has 0 bridgehead atoms. The lowest BCUT2D eigenvalue weighted by atomic mass is 10.2. The molecule has 2 N–H and O–H groups in total. The molecule has 0 aliphatic rings. The van der Waals surface area contributed by atoms with E-state index in [0.29, 0.717) is 29.3 Å². The summed E-state index contributed by atoms with van der Waals surface area (Å²) < 4.78 is 12.0. The van der Waals surface area contributed by atoms with Gasteiger partial charge in [0.25, 0.3) is 10.8 Å². The van der Waals surface area contributed by atoms with Crippen LogP contribution in [0.5, 0.6) is 5.75 Å². The number of hydrogen-bond donors (Lipinski definition) is 2. The number of aryl methyl sites for hydroxylation is 1. The van der Waals surface area contributed by atoms with Crippen LogP contribution in [0.1, 0.15) is 24.1 Å². The molecule has 3 aromatic rings. The number of ether oxygens (including phenoxy) is 1. The molecule has 10 nitrogen and oxygen atoms in total. The molecule has 30 heavy (non-hydrogen) atoms. The molecule has 1 aromatic carbocycles. The molecule has 0 saturated heterocycles. The van der Waals surface area contributed by atoms with Gasteiger partial charge >= 0.3 is 5.69 Å². The monoisotopic (exact) mass is 431 g/mol. The Morgan fingerprint density at radius 2 is 2.07 bits per heavy atom. The molecule has 0 unspecified atom stereocenters. The maximum absolute atomic E-state index is 12.3. The summed E-state index contributed by atoms with van der Waals surface area (Å²) in [5.74, 6) is 0.613. The highest BCUT2D eigenvalue weighted by atomic mass is 32.2. The molecule has 0 fully saturated rings. The Bertz CT molecular complexity index is 1170. The maximum atomic E-state index is 12.3. The van der Waals surface area contributed by atoms with E-state index in [0.717, 1.165) is 16.3 Å². The number of rotatable bonds is 8. The van der Waals surface area contributed by atoms with Crippen molar-refractivity contribution in [3.8, 4) is 5.75 Å². The zero-order valence-corrected chi connectivity index (χ0v) is 17.5. The van der Waals surface area contributed by atoms with Crippen LogP contribution in [0.2, 0.25) is 0 Å². The standard InChI is InChI=1S/C19H21N5O5S/c1-4-28-14-8-6-5-7-13(14)21-15(25)10-30-19-23-22-16(29-19)9-12-11(2)20-18(27)24(3)17(12)26/h5-8H,4,9-10H2,1-3H3,(H,20,27)(H,21,25). The summed E-state index contributed by atoms with van der Waals surface area (Å²) in [7, 11) is 1.39. The fraction of sp³-hybridized carbons (Fsp3) is 0.316. The Morgan fingerprint density at radius 3 is 2.83 bits per heavy atom. The van der Waals surface area contributed by atoms with Crippen LogP contribution in [-0.2, 0) is 18.3 Å². The van der Waals surface area contributed by atoms with Gasteiger partial charge in [-0.15, -0.1) is 10.2 Å². The Morgan fingerprint density at radius 1 is 1.30 bits per heavy atom. The minimum Gasteiger partial charge on any atom is -0.492 e. The number of H-pyrrole nitrogens is 1. The molecule has 0 aliphatic heterocycles. The van der Waals surface area contributed by atoms with E-state index in [9.17, 15) is 14.4 Å². The van der Waals surface area contributed by atoms with Crippen LogP contribution in [-0.4, -0.2) is 38.0 Å². The van der Waals surface area contributed by atoms with Crippen LogP contribution < -0.4 is 21.3 Å². The van der Waals surface area contributed by atoms with Crippen molar-refractivity contribution in [1.29, 1.82) is 0 Å². The van der Waals surface area contributed by atoms with E-state index in [1.165, 1.54) is 7.05 Å². The van der Waals surface area contributed by atoms with Gasteiger partial charge in [0.15, 0.2) is 0 Å². The van der Waals surface area contributed by atoms with Gasteiger partial charge in [0.2, 0.25) is 11.8 Å². The first-order valence-electron chi connectivity index (χ1n) is 9.14. The first-order valence-corrected chi connectivity index (χ1v) is 10.1. The van der Waals surface area contributed by atoms with Crippen LogP contribution in [0.3, 0.4) is 0 Å². The quantitative estimate of drug-likeness (QED) is 0.513. The zero-order valence-electron chi connectivity index (χ0n) is 16.7. The van der Waals surface area contributed by atoms with Crippen LogP contribution >= 0.6 is 11.8 Å². The fourth-order valence-corrected chi connectivity index (χ4v) is 3.25. The predicted octanol–water partition coefficient (Wildman–Crippen LogP) is 1.49. The number of hydrogen-bond acceptors (Lipinski definition) is 8. The average Bonchev–Trinajstić information content (AvgIpc) is 3.17. The van der Waals surface area contributed by atoms with E-state index < -0.39 is 11.2 Å². The number of thioether (sulfide) groups is 1. The van der Waals surface area contributed by atoms with E-state index in [1.54, 1.807) is 25.1 Å². The van der Waals surface area contributed by atoms with Gasteiger partial charge in [-0.05, 0) is 26.0 Å². The van der Waals surface area contributed by atoms with Gasteiger partial charge in [-0.3, -0.25) is 14.2 Å². The van der Waals surface area contributed by atoms with E-state index in [-0.39, 0.29) is 29.2 Å². The fourth-order valence-electron chi connectivity index (χ4n) is 2.67. The summed E-state index contributed by atoms with van der Waals surface area (Å²) in [5.41, 5.74) is 0.488. The van der Waals surface area contributed by atoms with E-state index in [4.69, 9.17) is 9.15 Å². The van der Waals surface area contributed by atoms with Gasteiger partial charge in [-0.25, -0.2) is 4.79 Å². The van der Waals surface area contributed by atoms with Crippen molar-refractivity contribution in [3.05, 3.63) is 62.3 Å². The molecule has 0 aliphatic carbocycles. The molecule has 1 amide bonds. The second-order valence-electron chi connectivity index (χ2n) is 6.30. The number of nitrogens with one attached hydrogen (secondary N) is 2. The summed E-state index contributed by atoms with van der Waals surface area (Å²) in [4.78, 5) is 38.7. The smallest absolute Gasteiger partial charge is 0.328 e. The minimum absolute atomic E-state index is 0.0571. The number of amides is 1. The molecule has 2 heterocycles. The molecule has 3 rings (SSSR count). The molecule has 0 radical (unpaired) electrons. The Hall–Kier alpha value is -3.34. The zero-order chi connectivity index (χ0) is 21.7. The summed E-state index contributed by atoms with van der Waals surface area (Å²) in [6, 6.07) is 7.16. The Kier molecular flexibility index (Phi) is 6.72. The van der Waals surface area contributed by atoms with Gasteiger partial charge in [-0.1, -0.05) is 23.9 Å². The summed E-state index contributed by atoms with van der Waals surface area (Å²) in [6.07, 6.45) is 0.0801. The number of carbonyl (C=O) groups excluding carboxylic acids is 1. The van der Waals surface area contributed by atoms with Crippen LogP contribution in [0, 0.1) is 6.92 Å².